The van der Waals surface area contributed by atoms with Gasteiger partial charge in [-0.25, -0.2) is 8.78 Å². The fraction of sp³-hybridized carbons (Fsp3) is 0.136. The van der Waals surface area contributed by atoms with E-state index in [2.05, 4.69) is 11.4 Å². The van der Waals surface area contributed by atoms with Gasteiger partial charge in [-0.3, -0.25) is 5.41 Å². The molecule has 0 bridgehead atoms. The predicted molar refractivity (Wildman–Crippen MR) is 106 cm³/mol. The Bertz CT molecular complexity index is 988. The van der Waals surface area contributed by atoms with Crippen LogP contribution in [0.4, 0.5) is 20.2 Å². The van der Waals surface area contributed by atoms with Crippen molar-refractivity contribution in [2.45, 2.75) is 20.0 Å². The summed E-state index contributed by atoms with van der Waals surface area (Å²) in [4.78, 5) is 0. The molecule has 0 aliphatic heterocycles. The molecule has 0 saturated heterocycles. The third kappa shape index (κ3) is 4.65. The van der Waals surface area contributed by atoms with Crippen molar-refractivity contribution >= 4 is 17.2 Å². The Morgan fingerprint density at radius 3 is 2.54 bits per heavy atom. The Kier molecular flexibility index (Phi) is 5.89. The second-order valence-electron chi connectivity index (χ2n) is 6.23. The quantitative estimate of drug-likeness (QED) is 0.402. The van der Waals surface area contributed by atoms with E-state index in [1.807, 2.05) is 25.1 Å². The molecule has 0 spiro atoms. The standard InChI is InChI=1S/C22H20F2N3O/c1-2-14-5-9-19(28-13-16-11-17(23)6-10-20(16)24)12-21(14)27-18-7-3-15(4-8-18)22(25)26/h3-8,10-12,27H,2,13H2,1H3,(H3,25,26). The molecule has 0 amide bonds. The Morgan fingerprint density at radius 1 is 1.11 bits per heavy atom. The predicted octanol–water partition coefficient (Wildman–Crippen LogP) is 4.93. The minimum absolute atomic E-state index is 0.00961. The van der Waals surface area contributed by atoms with Crippen LogP contribution < -0.4 is 15.8 Å². The van der Waals surface area contributed by atoms with Crippen LogP contribution in [0.2, 0.25) is 0 Å². The van der Waals surface area contributed by atoms with Crippen molar-refractivity contribution in [1.29, 1.82) is 5.41 Å². The smallest absolute Gasteiger partial charge is 0.130 e. The Balaban J connectivity index is 1.77. The van der Waals surface area contributed by atoms with Gasteiger partial charge in [-0.05, 0) is 60.5 Å². The van der Waals surface area contributed by atoms with Crippen LogP contribution in [-0.4, -0.2) is 5.84 Å². The fourth-order valence-corrected chi connectivity index (χ4v) is 2.69. The summed E-state index contributed by atoms with van der Waals surface area (Å²) in [6, 6.07) is 17.0. The summed E-state index contributed by atoms with van der Waals surface area (Å²) in [6.07, 6.45) is 0.781. The van der Waals surface area contributed by atoms with E-state index in [4.69, 9.17) is 15.9 Å². The number of anilines is 2. The number of amidine groups is 1. The molecule has 0 heterocycles. The van der Waals surface area contributed by atoms with Crippen LogP contribution in [-0.2, 0) is 13.0 Å². The van der Waals surface area contributed by atoms with E-state index in [1.54, 1.807) is 18.2 Å². The van der Waals surface area contributed by atoms with E-state index in [9.17, 15) is 8.78 Å². The second kappa shape index (κ2) is 8.52. The van der Waals surface area contributed by atoms with Crippen LogP contribution in [0.3, 0.4) is 0 Å². The molecule has 3 aromatic carbocycles. The molecule has 0 atom stereocenters. The molecule has 6 heteroatoms. The largest absolute Gasteiger partial charge is 0.488 e. The third-order valence-electron chi connectivity index (χ3n) is 4.26. The molecular formula is C22H20F2N3O. The number of halogens is 2. The summed E-state index contributed by atoms with van der Waals surface area (Å²) in [5.41, 5.74) is 8.94. The van der Waals surface area contributed by atoms with E-state index in [0.717, 1.165) is 41.6 Å². The molecule has 0 aliphatic rings. The summed E-state index contributed by atoms with van der Waals surface area (Å²) in [5.74, 6) is -0.601. The van der Waals surface area contributed by atoms with E-state index in [1.165, 1.54) is 0 Å². The molecule has 4 nitrogen and oxygen atoms in total. The first-order chi connectivity index (χ1) is 13.5. The zero-order valence-corrected chi connectivity index (χ0v) is 15.4. The highest BCUT2D eigenvalue weighted by Gasteiger charge is 2.08. The van der Waals surface area contributed by atoms with Gasteiger partial charge in [0.2, 0.25) is 0 Å². The summed E-state index contributed by atoms with van der Waals surface area (Å²) in [5, 5.41) is 10.8. The van der Waals surface area contributed by atoms with Crippen LogP contribution in [0.15, 0.2) is 54.6 Å². The van der Waals surface area contributed by atoms with Gasteiger partial charge in [0.05, 0.1) is 0 Å². The van der Waals surface area contributed by atoms with Crippen molar-refractivity contribution in [2.75, 3.05) is 5.32 Å². The van der Waals surface area contributed by atoms with E-state index < -0.39 is 11.6 Å². The molecule has 0 saturated carbocycles. The zero-order chi connectivity index (χ0) is 20.1. The molecule has 3 aromatic rings. The number of benzene rings is 3. The van der Waals surface area contributed by atoms with Gasteiger partial charge >= 0.3 is 0 Å². The molecule has 0 aliphatic carbocycles. The number of nitrogens with one attached hydrogen (secondary N) is 2. The second-order valence-corrected chi connectivity index (χ2v) is 6.23. The lowest BCUT2D eigenvalue weighted by Gasteiger charge is -2.14. The molecule has 143 valence electrons. The van der Waals surface area contributed by atoms with Gasteiger partial charge in [0.15, 0.2) is 0 Å². The Morgan fingerprint density at radius 2 is 1.86 bits per heavy atom. The lowest BCUT2D eigenvalue weighted by Crippen LogP contribution is -2.10. The van der Waals surface area contributed by atoms with Crippen molar-refractivity contribution in [1.82, 2.24) is 0 Å². The lowest BCUT2D eigenvalue weighted by molar-refractivity contribution is 0.298. The number of nitrogens with two attached hydrogens (primary N) is 1. The first kappa shape index (κ1) is 19.4. The Labute approximate surface area is 162 Å². The SMILES string of the molecule is CCc1c[c]c(OCc2cc(F)ccc2F)cc1Nc1ccc(C(=N)N)cc1. The van der Waals surface area contributed by atoms with Crippen LogP contribution in [0, 0.1) is 23.1 Å². The van der Waals surface area contributed by atoms with Crippen molar-refractivity contribution in [3.8, 4) is 5.75 Å². The fourth-order valence-electron chi connectivity index (χ4n) is 2.69. The van der Waals surface area contributed by atoms with Gasteiger partial charge < -0.3 is 15.8 Å². The van der Waals surface area contributed by atoms with Crippen molar-refractivity contribution in [3.05, 3.63) is 89.0 Å². The highest BCUT2D eigenvalue weighted by molar-refractivity contribution is 5.95. The summed E-state index contributed by atoms with van der Waals surface area (Å²) in [6.45, 7) is 1.92. The van der Waals surface area contributed by atoms with Gasteiger partial charge in [-0.15, -0.1) is 0 Å². The van der Waals surface area contributed by atoms with Gasteiger partial charge in [-0.1, -0.05) is 6.92 Å². The number of rotatable bonds is 7. The normalized spacial score (nSPS) is 10.5. The van der Waals surface area contributed by atoms with Crippen molar-refractivity contribution in [2.24, 2.45) is 5.73 Å². The van der Waals surface area contributed by atoms with Gasteiger partial charge in [-0.2, -0.15) is 0 Å². The van der Waals surface area contributed by atoms with Crippen LogP contribution in [0.5, 0.6) is 5.75 Å². The lowest BCUT2D eigenvalue weighted by atomic mass is 10.1. The van der Waals surface area contributed by atoms with Crippen molar-refractivity contribution in [3.63, 3.8) is 0 Å². The zero-order valence-electron chi connectivity index (χ0n) is 15.4. The van der Waals surface area contributed by atoms with Crippen LogP contribution in [0.1, 0.15) is 23.6 Å². The van der Waals surface area contributed by atoms with E-state index in [0.29, 0.717) is 11.3 Å². The average Bonchev–Trinajstić information content (AvgIpc) is 2.69. The average molecular weight is 380 g/mol. The molecule has 3 rings (SSSR count). The van der Waals surface area contributed by atoms with E-state index in [-0.39, 0.29) is 18.0 Å². The highest BCUT2D eigenvalue weighted by atomic mass is 19.1. The number of hydrogen-bond donors (Lipinski definition) is 3. The molecule has 0 aromatic heterocycles. The molecule has 0 unspecified atom stereocenters. The minimum atomic E-state index is -0.518. The van der Waals surface area contributed by atoms with Gasteiger partial charge in [0.1, 0.15) is 29.8 Å². The monoisotopic (exact) mass is 380 g/mol. The summed E-state index contributed by atoms with van der Waals surface area (Å²) < 4.78 is 32.7. The first-order valence-corrected chi connectivity index (χ1v) is 8.79. The molecule has 0 fully saturated rings. The van der Waals surface area contributed by atoms with Gasteiger partial charge in [0.25, 0.3) is 0 Å². The van der Waals surface area contributed by atoms with Gasteiger partial charge in [0, 0.05) is 34.6 Å². The topological polar surface area (TPSA) is 71.1 Å². The third-order valence-corrected chi connectivity index (χ3v) is 4.26. The van der Waals surface area contributed by atoms with E-state index >= 15 is 0 Å². The number of aryl methyl sites for hydroxylation is 1. The molecule has 4 N–H and O–H groups in total. The van der Waals surface area contributed by atoms with Crippen LogP contribution >= 0.6 is 0 Å². The molecule has 28 heavy (non-hydrogen) atoms. The highest BCUT2D eigenvalue weighted by Crippen LogP contribution is 2.27. The summed E-state index contributed by atoms with van der Waals surface area (Å²) >= 11 is 0. The minimum Gasteiger partial charge on any atom is -0.488 e. The number of ether oxygens (including phenoxy) is 1. The molecule has 1 radical (unpaired) electrons. The maximum atomic E-state index is 13.8. The first-order valence-electron chi connectivity index (χ1n) is 8.79. The van der Waals surface area contributed by atoms with Crippen LogP contribution in [0.25, 0.3) is 0 Å². The molecular weight excluding hydrogens is 360 g/mol. The van der Waals surface area contributed by atoms with Crippen molar-refractivity contribution < 1.29 is 13.5 Å². The number of nitrogen functional groups attached to an aromatic ring is 1. The summed E-state index contributed by atoms with van der Waals surface area (Å²) in [7, 11) is 0. The number of hydrogen-bond acceptors (Lipinski definition) is 3. The Hall–Kier alpha value is -3.41. The maximum Gasteiger partial charge on any atom is 0.130 e. The maximum absolute atomic E-state index is 13.8.